The van der Waals surface area contributed by atoms with Crippen LogP contribution in [0.25, 0.3) is 0 Å². The molecule has 0 aromatic heterocycles. The number of rotatable bonds is 0. The molecule has 0 aromatic rings. The van der Waals surface area contributed by atoms with Gasteiger partial charge in [-0.05, 0) is 11.8 Å². The standard InChI is InChI=1S/C8H12O/c1-5-6(2)8-4-3-7(5)9-8/h3-8H,1-2H3/t5?,6?,7-,8+. The minimum atomic E-state index is 0.435. The largest absolute Gasteiger partial charge is 0.366 e. The summed E-state index contributed by atoms with van der Waals surface area (Å²) in [6.45, 7) is 4.53. The summed E-state index contributed by atoms with van der Waals surface area (Å²) >= 11 is 0. The molecule has 0 saturated carbocycles. The van der Waals surface area contributed by atoms with Crippen molar-refractivity contribution in [3.8, 4) is 0 Å². The van der Waals surface area contributed by atoms with Crippen LogP contribution in [0.5, 0.6) is 0 Å². The average Bonchev–Trinajstić information content (AvgIpc) is 2.37. The van der Waals surface area contributed by atoms with E-state index in [-0.39, 0.29) is 0 Å². The van der Waals surface area contributed by atoms with Crippen molar-refractivity contribution >= 4 is 0 Å². The summed E-state index contributed by atoms with van der Waals surface area (Å²) in [4.78, 5) is 0. The molecule has 2 aliphatic rings. The van der Waals surface area contributed by atoms with Crippen molar-refractivity contribution in [2.45, 2.75) is 26.1 Å². The summed E-state index contributed by atoms with van der Waals surface area (Å²) in [7, 11) is 0. The lowest BCUT2D eigenvalue weighted by Gasteiger charge is -2.15. The zero-order valence-electron chi connectivity index (χ0n) is 5.87. The van der Waals surface area contributed by atoms with E-state index in [9.17, 15) is 0 Å². The van der Waals surface area contributed by atoms with E-state index < -0.39 is 0 Å². The van der Waals surface area contributed by atoms with E-state index in [4.69, 9.17) is 4.74 Å². The van der Waals surface area contributed by atoms with Crippen LogP contribution in [-0.2, 0) is 4.74 Å². The normalized spacial score (nSPS) is 54.9. The van der Waals surface area contributed by atoms with E-state index >= 15 is 0 Å². The van der Waals surface area contributed by atoms with Gasteiger partial charge in [0, 0.05) is 0 Å². The Kier molecular flexibility index (Phi) is 0.974. The molecule has 0 aromatic carbocycles. The summed E-state index contributed by atoms with van der Waals surface area (Å²) in [5.41, 5.74) is 0. The fourth-order valence-electron chi connectivity index (χ4n) is 1.69. The Morgan fingerprint density at radius 2 is 1.44 bits per heavy atom. The molecule has 2 aliphatic heterocycles. The zero-order chi connectivity index (χ0) is 6.43. The van der Waals surface area contributed by atoms with Gasteiger partial charge in [-0.2, -0.15) is 0 Å². The maximum Gasteiger partial charge on any atom is 0.0794 e. The monoisotopic (exact) mass is 124 g/mol. The fraction of sp³-hybridized carbons (Fsp3) is 0.750. The van der Waals surface area contributed by atoms with Crippen LogP contribution in [0, 0.1) is 11.8 Å². The predicted octanol–water partition coefficient (Wildman–Crippen LogP) is 1.60. The first-order valence-corrected chi connectivity index (χ1v) is 3.63. The second-order valence-electron chi connectivity index (χ2n) is 3.17. The number of hydrogen-bond acceptors (Lipinski definition) is 1. The Labute approximate surface area is 55.7 Å². The predicted molar refractivity (Wildman–Crippen MR) is 36.1 cm³/mol. The zero-order valence-corrected chi connectivity index (χ0v) is 5.87. The van der Waals surface area contributed by atoms with Crippen molar-refractivity contribution in [1.82, 2.24) is 0 Å². The number of hydrogen-bond donors (Lipinski definition) is 0. The lowest BCUT2D eigenvalue weighted by molar-refractivity contribution is 0.105. The highest BCUT2D eigenvalue weighted by atomic mass is 16.5. The second-order valence-corrected chi connectivity index (χ2v) is 3.17. The summed E-state index contributed by atoms with van der Waals surface area (Å²) in [6.07, 6.45) is 5.25. The molecule has 0 aliphatic carbocycles. The van der Waals surface area contributed by atoms with Gasteiger partial charge in [-0.3, -0.25) is 0 Å². The van der Waals surface area contributed by atoms with E-state index in [1.165, 1.54) is 0 Å². The van der Waals surface area contributed by atoms with Gasteiger partial charge in [0.25, 0.3) is 0 Å². The van der Waals surface area contributed by atoms with E-state index in [0.29, 0.717) is 12.2 Å². The molecule has 1 nitrogen and oxygen atoms in total. The van der Waals surface area contributed by atoms with Crippen molar-refractivity contribution in [2.75, 3.05) is 0 Å². The van der Waals surface area contributed by atoms with Crippen LogP contribution in [0.4, 0.5) is 0 Å². The Bertz CT molecular complexity index is 135. The van der Waals surface area contributed by atoms with Crippen LogP contribution in [0.2, 0.25) is 0 Å². The van der Waals surface area contributed by atoms with Gasteiger partial charge in [0.05, 0.1) is 12.2 Å². The summed E-state index contributed by atoms with van der Waals surface area (Å²) in [6, 6.07) is 0. The Morgan fingerprint density at radius 3 is 1.67 bits per heavy atom. The molecule has 50 valence electrons. The van der Waals surface area contributed by atoms with E-state index in [2.05, 4.69) is 26.0 Å². The third-order valence-corrected chi connectivity index (χ3v) is 2.67. The summed E-state index contributed by atoms with van der Waals surface area (Å²) < 4.78 is 5.59. The molecule has 1 heteroatoms. The smallest absolute Gasteiger partial charge is 0.0794 e. The van der Waals surface area contributed by atoms with Gasteiger partial charge in [-0.25, -0.2) is 0 Å². The number of fused-ring (bicyclic) bond motifs is 2. The molecule has 9 heavy (non-hydrogen) atoms. The van der Waals surface area contributed by atoms with Crippen LogP contribution in [0.3, 0.4) is 0 Å². The third kappa shape index (κ3) is 0.584. The fourth-order valence-corrected chi connectivity index (χ4v) is 1.69. The molecule has 4 atom stereocenters. The second kappa shape index (κ2) is 1.60. The Hall–Kier alpha value is -0.300. The topological polar surface area (TPSA) is 9.23 Å². The molecule has 2 heterocycles. The molecule has 0 amide bonds. The Balaban J connectivity index is 2.26. The molecule has 0 spiro atoms. The SMILES string of the molecule is CC1C(C)[C@H]2C=C[C@@H]1O2. The molecular weight excluding hydrogens is 112 g/mol. The number of ether oxygens (including phenoxy) is 1. The quantitative estimate of drug-likeness (QED) is 0.446. The molecular formula is C8H12O. The molecule has 1 saturated heterocycles. The van der Waals surface area contributed by atoms with Crippen molar-refractivity contribution in [2.24, 2.45) is 11.8 Å². The highest BCUT2D eigenvalue weighted by Crippen LogP contribution is 2.37. The van der Waals surface area contributed by atoms with Gasteiger partial charge in [-0.1, -0.05) is 26.0 Å². The van der Waals surface area contributed by atoms with Gasteiger partial charge >= 0.3 is 0 Å². The first-order valence-electron chi connectivity index (χ1n) is 3.63. The lowest BCUT2D eigenvalue weighted by atomic mass is 9.86. The van der Waals surface area contributed by atoms with Gasteiger partial charge in [0.15, 0.2) is 0 Å². The highest BCUT2D eigenvalue weighted by Gasteiger charge is 2.39. The maximum absolute atomic E-state index is 5.59. The van der Waals surface area contributed by atoms with Gasteiger partial charge in [-0.15, -0.1) is 0 Å². The van der Waals surface area contributed by atoms with Crippen molar-refractivity contribution < 1.29 is 4.74 Å². The third-order valence-electron chi connectivity index (χ3n) is 2.67. The van der Waals surface area contributed by atoms with Crippen molar-refractivity contribution in [3.05, 3.63) is 12.2 Å². The first-order chi connectivity index (χ1) is 4.29. The first kappa shape index (κ1) is 5.48. The van der Waals surface area contributed by atoms with Crippen LogP contribution in [0.15, 0.2) is 12.2 Å². The summed E-state index contributed by atoms with van der Waals surface area (Å²) in [5, 5.41) is 0. The summed E-state index contributed by atoms with van der Waals surface area (Å²) in [5.74, 6) is 1.47. The van der Waals surface area contributed by atoms with Crippen molar-refractivity contribution in [1.29, 1.82) is 0 Å². The van der Waals surface area contributed by atoms with E-state index in [0.717, 1.165) is 11.8 Å². The van der Waals surface area contributed by atoms with Crippen LogP contribution < -0.4 is 0 Å². The van der Waals surface area contributed by atoms with Crippen LogP contribution >= 0.6 is 0 Å². The Morgan fingerprint density at radius 1 is 1.00 bits per heavy atom. The average molecular weight is 124 g/mol. The minimum Gasteiger partial charge on any atom is -0.366 e. The molecule has 1 fully saturated rings. The molecule has 0 N–H and O–H groups in total. The molecule has 2 bridgehead atoms. The van der Waals surface area contributed by atoms with Gasteiger partial charge < -0.3 is 4.74 Å². The molecule has 2 rings (SSSR count). The molecule has 2 unspecified atom stereocenters. The molecule has 0 radical (unpaired) electrons. The van der Waals surface area contributed by atoms with E-state index in [1.54, 1.807) is 0 Å². The van der Waals surface area contributed by atoms with Gasteiger partial charge in [0.2, 0.25) is 0 Å². The minimum absolute atomic E-state index is 0.435. The van der Waals surface area contributed by atoms with Gasteiger partial charge in [0.1, 0.15) is 0 Å². The van der Waals surface area contributed by atoms with E-state index in [1.807, 2.05) is 0 Å². The van der Waals surface area contributed by atoms with Crippen LogP contribution in [0.1, 0.15) is 13.8 Å². The van der Waals surface area contributed by atoms with Crippen molar-refractivity contribution in [3.63, 3.8) is 0 Å². The lowest BCUT2D eigenvalue weighted by Crippen LogP contribution is -2.17. The maximum atomic E-state index is 5.59. The highest BCUT2D eigenvalue weighted by molar-refractivity contribution is 5.12. The van der Waals surface area contributed by atoms with Crippen LogP contribution in [-0.4, -0.2) is 12.2 Å².